The van der Waals surface area contributed by atoms with E-state index in [1.165, 1.54) is 11.1 Å². The molecule has 0 aliphatic carbocycles. The van der Waals surface area contributed by atoms with E-state index in [0.29, 0.717) is 21.7 Å². The van der Waals surface area contributed by atoms with E-state index in [1.54, 1.807) is 18.2 Å². The molecule has 1 aliphatic rings. The Labute approximate surface area is 211 Å². The van der Waals surface area contributed by atoms with Gasteiger partial charge in [-0.25, -0.2) is 0 Å². The number of carbonyl (C=O) groups excluding carboxylic acids is 1. The fraction of sp³-hybridized carbons (Fsp3) is 0.321. The third-order valence-corrected chi connectivity index (χ3v) is 6.93. The highest BCUT2D eigenvalue weighted by Crippen LogP contribution is 2.31. The van der Waals surface area contributed by atoms with E-state index in [9.17, 15) is 4.79 Å². The van der Waals surface area contributed by atoms with Gasteiger partial charge in [-0.3, -0.25) is 9.69 Å². The number of ether oxygens (including phenoxy) is 1. The molecule has 1 aliphatic heterocycles. The topological polar surface area (TPSA) is 41.6 Å². The molecule has 1 amide bonds. The normalized spacial score (nSPS) is 14.9. The summed E-state index contributed by atoms with van der Waals surface area (Å²) in [6, 6.07) is 21.8. The summed E-state index contributed by atoms with van der Waals surface area (Å²) in [7, 11) is 0. The van der Waals surface area contributed by atoms with E-state index in [1.807, 2.05) is 38.1 Å². The van der Waals surface area contributed by atoms with Crippen LogP contribution in [0.1, 0.15) is 43.7 Å². The molecule has 0 atom stereocenters. The van der Waals surface area contributed by atoms with Crippen LogP contribution in [0.5, 0.6) is 11.5 Å². The summed E-state index contributed by atoms with van der Waals surface area (Å²) in [5.41, 5.74) is 3.46. The molecule has 1 fully saturated rings. The Hall–Kier alpha value is -2.53. The fourth-order valence-electron chi connectivity index (χ4n) is 4.18. The molecule has 3 aromatic carbocycles. The van der Waals surface area contributed by atoms with Crippen molar-refractivity contribution >= 4 is 34.8 Å². The molecule has 0 unspecified atom stereocenters. The van der Waals surface area contributed by atoms with Crippen molar-refractivity contribution in [2.24, 2.45) is 5.92 Å². The van der Waals surface area contributed by atoms with E-state index in [-0.39, 0.29) is 11.8 Å². The second-order valence-electron chi connectivity index (χ2n) is 9.14. The van der Waals surface area contributed by atoms with E-state index in [0.717, 1.165) is 43.9 Å². The number of anilines is 1. The lowest BCUT2D eigenvalue weighted by Gasteiger charge is -2.32. The SMILES string of the molecule is CC(C)C(=O)Nc1cccc(C2CCN(Cc3ccc(Oc4ccc(Cl)c(Cl)c4)cc3)CC2)c1. The first kappa shape index (κ1) is 24.6. The number of likely N-dealkylation sites (tertiary alicyclic amines) is 1. The number of nitrogens with zero attached hydrogens (tertiary/aromatic N) is 1. The third kappa shape index (κ3) is 6.53. The molecular formula is C28H30Cl2N2O2. The van der Waals surface area contributed by atoms with Crippen LogP contribution in [-0.2, 0) is 11.3 Å². The molecule has 0 spiro atoms. The van der Waals surface area contributed by atoms with Gasteiger partial charge in [-0.05, 0) is 79.4 Å². The molecule has 1 N–H and O–H groups in total. The molecule has 6 heteroatoms. The quantitative estimate of drug-likeness (QED) is 0.363. The van der Waals surface area contributed by atoms with Gasteiger partial charge < -0.3 is 10.1 Å². The van der Waals surface area contributed by atoms with Crippen molar-refractivity contribution in [3.05, 3.63) is 87.9 Å². The zero-order chi connectivity index (χ0) is 24.1. The highest BCUT2D eigenvalue weighted by Gasteiger charge is 2.21. The van der Waals surface area contributed by atoms with Crippen molar-refractivity contribution in [3.8, 4) is 11.5 Å². The summed E-state index contributed by atoms with van der Waals surface area (Å²) in [6.45, 7) is 6.84. The molecule has 4 rings (SSSR count). The monoisotopic (exact) mass is 496 g/mol. The minimum Gasteiger partial charge on any atom is -0.457 e. The van der Waals surface area contributed by atoms with Gasteiger partial charge in [0.2, 0.25) is 5.91 Å². The van der Waals surface area contributed by atoms with E-state index in [2.05, 4.69) is 34.5 Å². The summed E-state index contributed by atoms with van der Waals surface area (Å²) < 4.78 is 5.89. The fourth-order valence-corrected chi connectivity index (χ4v) is 4.47. The Morgan fingerprint density at radius 1 is 0.971 bits per heavy atom. The number of hydrogen-bond acceptors (Lipinski definition) is 3. The third-order valence-electron chi connectivity index (χ3n) is 6.19. The Balaban J connectivity index is 1.28. The predicted molar refractivity (Wildman–Crippen MR) is 140 cm³/mol. The molecule has 3 aromatic rings. The zero-order valence-corrected chi connectivity index (χ0v) is 21.1. The standard InChI is InChI=1S/C28H30Cl2N2O2/c1-19(2)28(33)31-23-5-3-4-22(16-23)21-12-14-32(15-13-21)18-20-6-8-24(9-7-20)34-25-10-11-26(29)27(30)17-25/h3-11,16-17,19,21H,12-15,18H2,1-2H3,(H,31,33). The molecule has 4 nitrogen and oxygen atoms in total. The molecule has 178 valence electrons. The molecule has 0 radical (unpaired) electrons. The van der Waals surface area contributed by atoms with Crippen LogP contribution >= 0.6 is 23.2 Å². The lowest BCUT2D eigenvalue weighted by atomic mass is 9.89. The van der Waals surface area contributed by atoms with Gasteiger partial charge in [0, 0.05) is 24.2 Å². The largest absolute Gasteiger partial charge is 0.457 e. The second-order valence-corrected chi connectivity index (χ2v) is 9.96. The highest BCUT2D eigenvalue weighted by molar-refractivity contribution is 6.42. The Morgan fingerprint density at radius 3 is 2.35 bits per heavy atom. The van der Waals surface area contributed by atoms with Crippen LogP contribution in [0.25, 0.3) is 0 Å². The average Bonchev–Trinajstić information content (AvgIpc) is 2.83. The second kappa shape index (κ2) is 11.3. The maximum Gasteiger partial charge on any atom is 0.226 e. The minimum atomic E-state index is -0.0246. The van der Waals surface area contributed by atoms with Crippen LogP contribution in [0.4, 0.5) is 5.69 Å². The van der Waals surface area contributed by atoms with Crippen LogP contribution in [0.3, 0.4) is 0 Å². The Morgan fingerprint density at radius 2 is 1.68 bits per heavy atom. The smallest absolute Gasteiger partial charge is 0.226 e. The number of rotatable bonds is 7. The Bertz CT molecular complexity index is 1120. The first-order chi connectivity index (χ1) is 16.4. The van der Waals surface area contributed by atoms with Crippen molar-refractivity contribution in [2.45, 2.75) is 39.2 Å². The first-order valence-corrected chi connectivity index (χ1v) is 12.5. The number of halogens is 2. The number of nitrogens with one attached hydrogen (secondary N) is 1. The van der Waals surface area contributed by atoms with Crippen molar-refractivity contribution < 1.29 is 9.53 Å². The number of amides is 1. The van der Waals surface area contributed by atoms with Crippen LogP contribution < -0.4 is 10.1 Å². The number of carbonyl (C=O) groups is 1. The highest BCUT2D eigenvalue weighted by atomic mass is 35.5. The van der Waals surface area contributed by atoms with Gasteiger partial charge in [0.05, 0.1) is 10.0 Å². The van der Waals surface area contributed by atoms with Crippen LogP contribution in [0.15, 0.2) is 66.7 Å². The van der Waals surface area contributed by atoms with E-state index < -0.39 is 0 Å². The molecule has 1 heterocycles. The summed E-state index contributed by atoms with van der Waals surface area (Å²) in [6.07, 6.45) is 2.22. The van der Waals surface area contributed by atoms with Gasteiger partial charge in [0.15, 0.2) is 0 Å². The molecule has 34 heavy (non-hydrogen) atoms. The molecular weight excluding hydrogens is 467 g/mol. The number of piperidine rings is 1. The van der Waals surface area contributed by atoms with Crippen LogP contribution in [0.2, 0.25) is 10.0 Å². The van der Waals surface area contributed by atoms with E-state index in [4.69, 9.17) is 27.9 Å². The van der Waals surface area contributed by atoms with Gasteiger partial charge in [-0.1, -0.05) is 61.3 Å². The van der Waals surface area contributed by atoms with Crippen LogP contribution in [-0.4, -0.2) is 23.9 Å². The molecule has 0 aromatic heterocycles. The lowest BCUT2D eigenvalue weighted by Crippen LogP contribution is -2.32. The molecule has 0 saturated carbocycles. The zero-order valence-electron chi connectivity index (χ0n) is 19.6. The van der Waals surface area contributed by atoms with Crippen molar-refractivity contribution in [3.63, 3.8) is 0 Å². The van der Waals surface area contributed by atoms with Crippen molar-refractivity contribution in [2.75, 3.05) is 18.4 Å². The summed E-state index contributed by atoms with van der Waals surface area (Å²) in [5.74, 6) is 1.99. The summed E-state index contributed by atoms with van der Waals surface area (Å²) in [4.78, 5) is 14.5. The average molecular weight is 497 g/mol. The lowest BCUT2D eigenvalue weighted by molar-refractivity contribution is -0.118. The van der Waals surface area contributed by atoms with Gasteiger partial charge >= 0.3 is 0 Å². The van der Waals surface area contributed by atoms with E-state index >= 15 is 0 Å². The predicted octanol–water partition coefficient (Wildman–Crippen LogP) is 7.76. The van der Waals surface area contributed by atoms with Gasteiger partial charge in [0.25, 0.3) is 0 Å². The van der Waals surface area contributed by atoms with Crippen molar-refractivity contribution in [1.29, 1.82) is 0 Å². The first-order valence-electron chi connectivity index (χ1n) is 11.7. The van der Waals surface area contributed by atoms with Gasteiger partial charge in [0.1, 0.15) is 11.5 Å². The number of benzene rings is 3. The Kier molecular flexibility index (Phi) is 8.15. The molecule has 1 saturated heterocycles. The summed E-state index contributed by atoms with van der Waals surface area (Å²) >= 11 is 12.0. The number of hydrogen-bond donors (Lipinski definition) is 1. The molecule has 0 bridgehead atoms. The maximum atomic E-state index is 12.0. The summed E-state index contributed by atoms with van der Waals surface area (Å²) in [5, 5.41) is 4.01. The van der Waals surface area contributed by atoms with Gasteiger partial charge in [-0.15, -0.1) is 0 Å². The minimum absolute atomic E-state index is 0.0246. The van der Waals surface area contributed by atoms with Gasteiger partial charge in [-0.2, -0.15) is 0 Å². The maximum absolute atomic E-state index is 12.0. The van der Waals surface area contributed by atoms with Crippen molar-refractivity contribution in [1.82, 2.24) is 4.90 Å². The van der Waals surface area contributed by atoms with Crippen LogP contribution in [0, 0.1) is 5.92 Å².